The van der Waals surface area contributed by atoms with Crippen LogP contribution in [0.5, 0.6) is 0 Å². The molecule has 4 aromatic rings. The average molecular weight is 534 g/mol. The second-order valence-electron chi connectivity index (χ2n) is 10.2. The number of benzene rings is 4. The van der Waals surface area contributed by atoms with Crippen molar-refractivity contribution in [2.24, 2.45) is 4.99 Å². The maximum absolute atomic E-state index is 13.6. The number of amidine groups is 1. The van der Waals surface area contributed by atoms with Crippen LogP contribution in [0.25, 0.3) is 21.5 Å². The molecule has 1 aliphatic heterocycles. The number of nitrogens with zero attached hydrogens (tertiary/aromatic N) is 2. The molecule has 0 unspecified atom stereocenters. The minimum atomic E-state index is -0.500. The number of amides is 2. The van der Waals surface area contributed by atoms with Gasteiger partial charge in [0.15, 0.2) is 5.17 Å². The predicted octanol–water partition coefficient (Wildman–Crippen LogP) is 7.84. The maximum Gasteiger partial charge on any atom is 0.242 e. The largest absolute Gasteiger partial charge is 0.326 e. The summed E-state index contributed by atoms with van der Waals surface area (Å²) in [6, 6.07) is 28.1. The van der Waals surface area contributed by atoms with Gasteiger partial charge in [0.05, 0.1) is 5.69 Å². The lowest BCUT2D eigenvalue weighted by molar-refractivity contribution is -0.128. The normalized spacial score (nSPS) is 18.6. The highest BCUT2D eigenvalue weighted by atomic mass is 32.2. The Labute approximate surface area is 233 Å². The number of rotatable bonds is 7. The predicted molar refractivity (Wildman–Crippen MR) is 162 cm³/mol. The van der Waals surface area contributed by atoms with Gasteiger partial charge >= 0.3 is 0 Å². The first kappa shape index (κ1) is 25.4. The molecule has 0 aromatic heterocycles. The molecule has 1 heterocycles. The second kappa shape index (κ2) is 11.5. The van der Waals surface area contributed by atoms with Gasteiger partial charge in [-0.1, -0.05) is 90.1 Å². The minimum Gasteiger partial charge on any atom is -0.326 e. The zero-order valence-corrected chi connectivity index (χ0v) is 22.6. The molecular formula is C33H31N3O2S. The Hall–Kier alpha value is -3.90. The van der Waals surface area contributed by atoms with Crippen molar-refractivity contribution in [1.29, 1.82) is 0 Å². The number of carbonyl (C=O) groups is 2. The Balaban J connectivity index is 1.23. The Bertz CT molecular complexity index is 1600. The van der Waals surface area contributed by atoms with E-state index >= 15 is 0 Å². The molecule has 1 N–H and O–H groups in total. The number of carbonyl (C=O) groups excluding carboxylic acids is 2. The van der Waals surface area contributed by atoms with Crippen LogP contribution in [0, 0.1) is 0 Å². The van der Waals surface area contributed by atoms with Crippen LogP contribution in [0.1, 0.15) is 38.5 Å². The standard InChI is InChI=1S/C33H31N3O2S/c37-31(34-27-18-17-24-11-4-5-13-26(24)21-27)22-30-32(38)36(20-19-23-9-2-1-3-10-23)33(39-30)35-29-16-8-14-25-12-6-7-15-28(25)29/h4-9,11-18,21,30H,1-3,10,19-20,22H2,(H,34,37)/t30-/m1/s1. The highest BCUT2D eigenvalue weighted by Gasteiger charge is 2.39. The fourth-order valence-corrected chi connectivity index (χ4v) is 6.55. The Morgan fingerprint density at radius 2 is 1.72 bits per heavy atom. The summed E-state index contributed by atoms with van der Waals surface area (Å²) in [5.41, 5.74) is 2.99. The number of hydrogen-bond donors (Lipinski definition) is 1. The summed E-state index contributed by atoms with van der Waals surface area (Å²) >= 11 is 1.40. The second-order valence-corrected chi connectivity index (χ2v) is 11.3. The van der Waals surface area contributed by atoms with E-state index < -0.39 is 5.25 Å². The molecule has 196 valence electrons. The molecule has 1 aliphatic carbocycles. The van der Waals surface area contributed by atoms with Gasteiger partial charge < -0.3 is 5.32 Å². The van der Waals surface area contributed by atoms with Crippen LogP contribution >= 0.6 is 11.8 Å². The molecule has 6 rings (SSSR count). The van der Waals surface area contributed by atoms with E-state index in [1.807, 2.05) is 66.7 Å². The van der Waals surface area contributed by atoms with Gasteiger partial charge in [-0.25, -0.2) is 4.99 Å². The molecule has 0 saturated carbocycles. The third-order valence-electron chi connectivity index (χ3n) is 7.45. The van der Waals surface area contributed by atoms with E-state index in [0.717, 1.165) is 52.2 Å². The summed E-state index contributed by atoms with van der Waals surface area (Å²) < 4.78 is 0. The Kier molecular flexibility index (Phi) is 7.46. The van der Waals surface area contributed by atoms with Gasteiger partial charge in [0, 0.05) is 24.0 Å². The van der Waals surface area contributed by atoms with E-state index in [9.17, 15) is 9.59 Å². The van der Waals surface area contributed by atoms with Crippen molar-refractivity contribution in [3.8, 4) is 0 Å². The number of nitrogens with one attached hydrogen (secondary N) is 1. The van der Waals surface area contributed by atoms with Crippen LogP contribution in [-0.4, -0.2) is 33.7 Å². The fraction of sp³-hybridized carbons (Fsp3) is 0.242. The molecule has 2 amide bonds. The lowest BCUT2D eigenvalue weighted by atomic mass is 9.97. The molecule has 0 bridgehead atoms. The summed E-state index contributed by atoms with van der Waals surface area (Å²) in [6.07, 6.45) is 7.94. The first-order valence-corrected chi connectivity index (χ1v) is 14.5. The van der Waals surface area contributed by atoms with Crippen molar-refractivity contribution in [1.82, 2.24) is 4.90 Å². The number of anilines is 1. The third kappa shape index (κ3) is 5.76. The Morgan fingerprint density at radius 3 is 2.56 bits per heavy atom. The highest BCUT2D eigenvalue weighted by Crippen LogP contribution is 2.35. The molecule has 6 heteroatoms. The molecule has 1 fully saturated rings. The first-order valence-electron chi connectivity index (χ1n) is 13.6. The van der Waals surface area contributed by atoms with Gasteiger partial charge in [0.1, 0.15) is 5.25 Å². The van der Waals surface area contributed by atoms with Gasteiger partial charge in [-0.05, 0) is 66.5 Å². The Morgan fingerprint density at radius 1 is 0.923 bits per heavy atom. The van der Waals surface area contributed by atoms with Gasteiger partial charge in [0.25, 0.3) is 0 Å². The molecule has 5 nitrogen and oxygen atoms in total. The quantitative estimate of drug-likeness (QED) is 0.246. The van der Waals surface area contributed by atoms with Gasteiger partial charge in [-0.3, -0.25) is 14.5 Å². The highest BCUT2D eigenvalue weighted by molar-refractivity contribution is 8.15. The van der Waals surface area contributed by atoms with E-state index in [4.69, 9.17) is 4.99 Å². The van der Waals surface area contributed by atoms with Crippen LogP contribution in [0.4, 0.5) is 11.4 Å². The van der Waals surface area contributed by atoms with E-state index in [1.165, 1.54) is 30.2 Å². The topological polar surface area (TPSA) is 61.8 Å². The number of allylic oxidation sites excluding steroid dienone is 1. The van der Waals surface area contributed by atoms with E-state index in [1.54, 1.807) is 4.90 Å². The number of aliphatic imine (C=N–C) groups is 1. The summed E-state index contributed by atoms with van der Waals surface area (Å²) in [5, 5.41) is 7.52. The van der Waals surface area contributed by atoms with Crippen LogP contribution in [-0.2, 0) is 9.59 Å². The van der Waals surface area contributed by atoms with Gasteiger partial charge in [0.2, 0.25) is 11.8 Å². The van der Waals surface area contributed by atoms with Crippen LogP contribution in [0.15, 0.2) is 102 Å². The molecule has 1 atom stereocenters. The van der Waals surface area contributed by atoms with Gasteiger partial charge in [-0.15, -0.1) is 0 Å². The molecule has 0 radical (unpaired) electrons. The number of fused-ring (bicyclic) bond motifs is 2. The molecule has 0 spiro atoms. The lowest BCUT2D eigenvalue weighted by Crippen LogP contribution is -2.34. The SMILES string of the molecule is O=C(C[C@H]1SC(=Nc2cccc3ccccc23)N(CCC2=CCCCC2)C1=O)Nc1ccc2ccccc2c1. The van der Waals surface area contributed by atoms with Crippen molar-refractivity contribution in [2.75, 3.05) is 11.9 Å². The zero-order chi connectivity index (χ0) is 26.6. The summed E-state index contributed by atoms with van der Waals surface area (Å²) in [5.74, 6) is -0.207. The van der Waals surface area contributed by atoms with Crippen molar-refractivity contribution in [3.05, 3.63) is 96.6 Å². The number of thioether (sulfide) groups is 1. The average Bonchev–Trinajstić information content (AvgIpc) is 3.25. The van der Waals surface area contributed by atoms with Crippen molar-refractivity contribution >= 4 is 61.7 Å². The van der Waals surface area contributed by atoms with E-state index in [0.29, 0.717) is 11.7 Å². The zero-order valence-electron chi connectivity index (χ0n) is 21.8. The van der Waals surface area contributed by atoms with Crippen LogP contribution in [0.2, 0.25) is 0 Å². The van der Waals surface area contributed by atoms with Crippen molar-refractivity contribution in [3.63, 3.8) is 0 Å². The summed E-state index contributed by atoms with van der Waals surface area (Å²) in [4.78, 5) is 33.5. The molecule has 39 heavy (non-hydrogen) atoms. The molecule has 2 aliphatic rings. The van der Waals surface area contributed by atoms with E-state index in [2.05, 4.69) is 29.6 Å². The number of hydrogen-bond acceptors (Lipinski definition) is 4. The van der Waals surface area contributed by atoms with Crippen LogP contribution in [0.3, 0.4) is 0 Å². The van der Waals surface area contributed by atoms with Crippen molar-refractivity contribution < 1.29 is 9.59 Å². The fourth-order valence-electron chi connectivity index (χ4n) is 5.37. The van der Waals surface area contributed by atoms with Gasteiger partial charge in [-0.2, -0.15) is 0 Å². The molecular weight excluding hydrogens is 502 g/mol. The summed E-state index contributed by atoms with van der Waals surface area (Å²) in [7, 11) is 0. The smallest absolute Gasteiger partial charge is 0.242 e. The lowest BCUT2D eigenvalue weighted by Gasteiger charge is -2.19. The van der Waals surface area contributed by atoms with E-state index in [-0.39, 0.29) is 18.2 Å². The maximum atomic E-state index is 13.6. The monoisotopic (exact) mass is 533 g/mol. The first-order chi connectivity index (χ1) is 19.1. The molecule has 4 aromatic carbocycles. The minimum absolute atomic E-state index is 0.0379. The molecule has 1 saturated heterocycles. The third-order valence-corrected chi connectivity index (χ3v) is 8.62. The van der Waals surface area contributed by atoms with Crippen molar-refractivity contribution in [2.45, 2.75) is 43.8 Å². The summed E-state index contributed by atoms with van der Waals surface area (Å²) in [6.45, 7) is 0.587. The van der Waals surface area contributed by atoms with Crippen LogP contribution < -0.4 is 5.32 Å².